The number of anilines is 2. The molecule has 0 bridgehead atoms. The second-order valence-corrected chi connectivity index (χ2v) is 8.68. The number of aromatic hydroxyl groups is 1. The fourth-order valence-electron chi connectivity index (χ4n) is 3.31. The number of nitrogens with one attached hydrogen (secondary N) is 2. The Morgan fingerprint density at radius 2 is 1.09 bits per heavy atom. The zero-order valence-corrected chi connectivity index (χ0v) is 23.8. The molecule has 4 aromatic rings. The summed E-state index contributed by atoms with van der Waals surface area (Å²) in [7, 11) is 0. The average Bonchev–Trinajstić information content (AvgIpc) is 3.02. The van der Waals surface area contributed by atoms with E-state index in [-0.39, 0.29) is 39.9 Å². The van der Waals surface area contributed by atoms with Crippen LogP contribution in [0.5, 0.6) is 17.2 Å². The molecule has 13 nitrogen and oxygen atoms in total. The molecule has 0 saturated heterocycles. The fraction of sp³-hybridized carbons (Fsp3) is 0.0625. The Hall–Kier alpha value is -7.22. The van der Waals surface area contributed by atoms with Gasteiger partial charge in [0.05, 0.1) is 27.2 Å². The molecule has 0 aliphatic carbocycles. The molecule has 4 rings (SSSR count). The van der Waals surface area contributed by atoms with E-state index in [0.29, 0.717) is 28.4 Å². The van der Waals surface area contributed by atoms with Crippen molar-refractivity contribution >= 4 is 28.9 Å². The van der Waals surface area contributed by atoms with Crippen molar-refractivity contribution in [3.63, 3.8) is 0 Å². The first kappa shape index (κ1) is 34.0. The van der Waals surface area contributed by atoms with Crippen LogP contribution in [0.4, 0.5) is 17.1 Å². The summed E-state index contributed by atoms with van der Waals surface area (Å²) in [6, 6.07) is 28.7. The first-order chi connectivity index (χ1) is 21.5. The zero-order valence-electron chi connectivity index (χ0n) is 23.8. The van der Waals surface area contributed by atoms with E-state index in [1.165, 1.54) is 44.2 Å². The van der Waals surface area contributed by atoms with Gasteiger partial charge in [0.25, 0.3) is 5.69 Å². The third-order valence-corrected chi connectivity index (χ3v) is 5.28. The lowest BCUT2D eigenvalue weighted by atomic mass is 10.1. The summed E-state index contributed by atoms with van der Waals surface area (Å²) >= 11 is 0. The molecule has 0 heterocycles. The lowest BCUT2D eigenvalue weighted by molar-refractivity contribution is -0.384. The van der Waals surface area contributed by atoms with Crippen LogP contribution >= 0.6 is 0 Å². The maximum absolute atomic E-state index is 10.9. The maximum atomic E-state index is 10.9. The minimum atomic E-state index is -0.609. The van der Waals surface area contributed by atoms with Crippen LogP contribution in [0.3, 0.4) is 0 Å². The molecule has 45 heavy (non-hydrogen) atoms. The van der Waals surface area contributed by atoms with Gasteiger partial charge in [-0.2, -0.15) is 21.0 Å². The Morgan fingerprint density at radius 1 is 0.667 bits per heavy atom. The molecule has 0 saturated carbocycles. The van der Waals surface area contributed by atoms with E-state index in [4.69, 9.17) is 30.9 Å². The highest BCUT2D eigenvalue weighted by molar-refractivity contribution is 5.89. The first-order valence-corrected chi connectivity index (χ1v) is 12.6. The number of carbonyl (C=O) groups excluding carboxylic acids is 2. The molecule has 2 amide bonds. The highest BCUT2D eigenvalue weighted by atomic mass is 16.6. The van der Waals surface area contributed by atoms with Gasteiger partial charge in [-0.05, 0) is 72.8 Å². The normalized spacial score (nSPS) is 9.02. The number of nitriles is 4. The van der Waals surface area contributed by atoms with Crippen LogP contribution in [-0.2, 0) is 9.59 Å². The zero-order chi connectivity index (χ0) is 33.4. The number of non-ortho nitro benzene ring substituents is 1. The minimum absolute atomic E-state index is 0.0247. The van der Waals surface area contributed by atoms with Crippen LogP contribution in [0.15, 0.2) is 84.9 Å². The van der Waals surface area contributed by atoms with Gasteiger partial charge in [0, 0.05) is 37.4 Å². The highest BCUT2D eigenvalue weighted by Gasteiger charge is 2.09. The van der Waals surface area contributed by atoms with E-state index in [1.807, 2.05) is 12.1 Å². The Kier molecular flexibility index (Phi) is 12.8. The predicted molar refractivity (Wildman–Crippen MR) is 162 cm³/mol. The number of hydrogen-bond donors (Lipinski definition) is 3. The number of nitro groups is 1. The Labute approximate surface area is 257 Å². The number of nitrogens with zero attached hydrogens (tertiary/aromatic N) is 5. The number of rotatable bonds is 5. The molecule has 222 valence electrons. The number of benzene rings is 4. The molecule has 3 N–H and O–H groups in total. The van der Waals surface area contributed by atoms with E-state index in [1.54, 1.807) is 60.7 Å². The largest absolute Gasteiger partial charge is 0.508 e. The number of ether oxygens (including phenoxy) is 1. The van der Waals surface area contributed by atoms with Crippen molar-refractivity contribution in [1.29, 1.82) is 21.0 Å². The Bertz CT molecular complexity index is 1860. The summed E-state index contributed by atoms with van der Waals surface area (Å²) in [5, 5.41) is 59.3. The van der Waals surface area contributed by atoms with Gasteiger partial charge >= 0.3 is 0 Å². The van der Waals surface area contributed by atoms with Crippen molar-refractivity contribution in [3.8, 4) is 41.5 Å². The fourth-order valence-corrected chi connectivity index (χ4v) is 3.31. The lowest BCUT2D eigenvalue weighted by Gasteiger charge is -2.07. The molecule has 4 aromatic carbocycles. The molecule has 0 radical (unpaired) electrons. The summed E-state index contributed by atoms with van der Waals surface area (Å²) in [6.45, 7) is 2.87. The number of amides is 2. The summed E-state index contributed by atoms with van der Waals surface area (Å²) in [6.07, 6.45) is 0. The number of phenolic OH excluding ortho intramolecular Hbond substituents is 1. The summed E-state index contributed by atoms with van der Waals surface area (Å²) in [5.41, 5.74) is 1.93. The van der Waals surface area contributed by atoms with Gasteiger partial charge in [-0.15, -0.1) is 0 Å². The average molecular weight is 602 g/mol. The van der Waals surface area contributed by atoms with Gasteiger partial charge in [0.2, 0.25) is 11.8 Å². The number of phenols is 1. The van der Waals surface area contributed by atoms with Crippen LogP contribution in [-0.4, -0.2) is 21.8 Å². The molecular weight excluding hydrogens is 578 g/mol. The van der Waals surface area contributed by atoms with Crippen molar-refractivity contribution in [2.24, 2.45) is 0 Å². The summed E-state index contributed by atoms with van der Waals surface area (Å²) in [5.74, 6) is 0.972. The molecule has 0 aliphatic rings. The smallest absolute Gasteiger partial charge is 0.270 e. The van der Waals surface area contributed by atoms with Crippen LogP contribution in [0.2, 0.25) is 0 Å². The van der Waals surface area contributed by atoms with Gasteiger partial charge in [-0.3, -0.25) is 19.7 Å². The first-order valence-electron chi connectivity index (χ1n) is 12.6. The van der Waals surface area contributed by atoms with Crippen molar-refractivity contribution < 1.29 is 24.4 Å². The van der Waals surface area contributed by atoms with Crippen LogP contribution in [0.1, 0.15) is 36.1 Å². The van der Waals surface area contributed by atoms with E-state index < -0.39 is 4.92 Å². The molecule has 0 unspecified atom stereocenters. The molecular formula is C32H23N7O6. The quantitative estimate of drug-likeness (QED) is 0.140. The Morgan fingerprint density at radius 3 is 1.53 bits per heavy atom. The second kappa shape index (κ2) is 16.9. The molecule has 13 heteroatoms. The van der Waals surface area contributed by atoms with Crippen LogP contribution in [0, 0.1) is 55.4 Å². The third kappa shape index (κ3) is 11.3. The lowest BCUT2D eigenvalue weighted by Crippen LogP contribution is -2.05. The van der Waals surface area contributed by atoms with Crippen LogP contribution in [0.25, 0.3) is 0 Å². The number of carbonyl (C=O) groups is 2. The third-order valence-electron chi connectivity index (χ3n) is 5.28. The van der Waals surface area contributed by atoms with E-state index >= 15 is 0 Å². The van der Waals surface area contributed by atoms with E-state index in [2.05, 4.69) is 10.6 Å². The molecule has 0 fully saturated rings. The maximum Gasteiger partial charge on any atom is 0.270 e. The number of nitro benzene ring substituents is 1. The second-order valence-electron chi connectivity index (χ2n) is 8.68. The predicted octanol–water partition coefficient (Wildman–Crippen LogP) is 5.87. The Balaban J connectivity index is 0.000000252. The van der Waals surface area contributed by atoms with Gasteiger partial charge in [-0.25, -0.2) is 0 Å². The van der Waals surface area contributed by atoms with Crippen molar-refractivity contribution in [1.82, 2.24) is 0 Å². The van der Waals surface area contributed by atoms with Gasteiger partial charge in [0.1, 0.15) is 41.5 Å². The summed E-state index contributed by atoms with van der Waals surface area (Å²) in [4.78, 5) is 31.1. The minimum Gasteiger partial charge on any atom is -0.508 e. The standard InChI is InChI=1S/C16H11N3O2.C8H3N3O2.C8H9NO2/c1-11(20)19-14-3-6-15(7-4-14)21-16-5-2-12(9-17)13(8-16)10-18;9-4-6-1-2-8(11(12)13)3-7(6)5-10;1-6(10)9-7-2-4-8(11)5-3-7/h2-8H,1H3,(H,19,20);1-3H;2-5,11H,1H3,(H,9,10). The van der Waals surface area contributed by atoms with Crippen molar-refractivity contribution in [3.05, 3.63) is 117 Å². The monoisotopic (exact) mass is 601 g/mol. The van der Waals surface area contributed by atoms with Gasteiger partial charge in [0.15, 0.2) is 0 Å². The molecule has 0 aliphatic heterocycles. The number of hydrogen-bond acceptors (Lipinski definition) is 10. The van der Waals surface area contributed by atoms with Crippen LogP contribution < -0.4 is 15.4 Å². The van der Waals surface area contributed by atoms with Crippen molar-refractivity contribution in [2.75, 3.05) is 10.6 Å². The highest BCUT2D eigenvalue weighted by Crippen LogP contribution is 2.25. The summed E-state index contributed by atoms with van der Waals surface area (Å²) < 4.78 is 5.61. The van der Waals surface area contributed by atoms with E-state index in [0.717, 1.165) is 6.07 Å². The molecule has 0 spiro atoms. The van der Waals surface area contributed by atoms with Gasteiger partial charge in [-0.1, -0.05) is 0 Å². The molecule has 0 aromatic heterocycles. The SMILES string of the molecule is CC(=O)Nc1ccc(O)cc1.CC(=O)Nc1ccc(Oc2ccc(C#N)c(C#N)c2)cc1.N#Cc1ccc([N+](=O)[O-])cc1C#N. The van der Waals surface area contributed by atoms with Gasteiger partial charge < -0.3 is 20.5 Å². The van der Waals surface area contributed by atoms with E-state index in [9.17, 15) is 19.7 Å². The van der Waals surface area contributed by atoms with Crippen molar-refractivity contribution in [2.45, 2.75) is 13.8 Å². The molecule has 0 atom stereocenters. The topological polar surface area (TPSA) is 226 Å².